The number of anilines is 2. The van der Waals surface area contributed by atoms with Crippen molar-refractivity contribution in [2.45, 2.75) is 33.3 Å². The lowest BCUT2D eigenvalue weighted by molar-refractivity contribution is -0.114. The van der Waals surface area contributed by atoms with Gasteiger partial charge in [-0.1, -0.05) is 0 Å². The van der Waals surface area contributed by atoms with E-state index in [2.05, 4.69) is 10.0 Å². The van der Waals surface area contributed by atoms with Crippen LogP contribution in [-0.4, -0.2) is 74.2 Å². The highest BCUT2D eigenvalue weighted by Gasteiger charge is 2.29. The van der Waals surface area contributed by atoms with E-state index < -0.39 is 27.6 Å². The molecule has 1 aliphatic heterocycles. The van der Waals surface area contributed by atoms with Crippen molar-refractivity contribution in [3.63, 3.8) is 0 Å². The second kappa shape index (κ2) is 8.90. The van der Waals surface area contributed by atoms with Crippen molar-refractivity contribution in [1.82, 2.24) is 9.80 Å². The minimum atomic E-state index is -3.61. The summed E-state index contributed by atoms with van der Waals surface area (Å²) in [4.78, 5) is 39.7. The lowest BCUT2D eigenvalue weighted by Crippen LogP contribution is -2.51. The number of piperazine rings is 1. The molecule has 0 spiro atoms. The molecular weight excluding hydrogens is 412 g/mol. The first-order valence-corrected chi connectivity index (χ1v) is 11.3. The Morgan fingerprint density at radius 3 is 2.10 bits per heavy atom. The number of rotatable bonds is 4. The molecule has 0 unspecified atom stereocenters. The topological polar surface area (TPSA) is 125 Å². The summed E-state index contributed by atoms with van der Waals surface area (Å²) in [7, 11) is -3.61. The van der Waals surface area contributed by atoms with Gasteiger partial charge in [-0.25, -0.2) is 13.2 Å². The molecule has 0 aromatic heterocycles. The highest BCUT2D eigenvalue weighted by Crippen LogP contribution is 2.24. The second-order valence-corrected chi connectivity index (χ2v) is 9.82. The van der Waals surface area contributed by atoms with Gasteiger partial charge in [0, 0.05) is 38.8 Å². The van der Waals surface area contributed by atoms with E-state index in [0.29, 0.717) is 18.8 Å². The molecule has 10 nitrogen and oxygen atoms in total. The van der Waals surface area contributed by atoms with Crippen LogP contribution in [-0.2, 0) is 19.6 Å². The smallest absolute Gasteiger partial charge is 0.410 e. The molecule has 1 heterocycles. The fraction of sp³-hybridized carbons (Fsp3) is 0.526. The maximum atomic E-state index is 13.1. The van der Waals surface area contributed by atoms with Gasteiger partial charge in [0.2, 0.25) is 15.9 Å². The number of nitrogens with zero attached hydrogens (tertiary/aromatic N) is 2. The lowest BCUT2D eigenvalue weighted by Gasteiger charge is -2.35. The predicted molar refractivity (Wildman–Crippen MR) is 113 cm³/mol. The Morgan fingerprint density at radius 2 is 1.60 bits per heavy atom. The molecule has 30 heavy (non-hydrogen) atoms. The van der Waals surface area contributed by atoms with Gasteiger partial charge >= 0.3 is 6.09 Å². The number of nitrogens with one attached hydrogen (secondary N) is 2. The van der Waals surface area contributed by atoms with Crippen LogP contribution in [0.4, 0.5) is 16.2 Å². The van der Waals surface area contributed by atoms with Crippen LogP contribution >= 0.6 is 0 Å². The van der Waals surface area contributed by atoms with E-state index in [4.69, 9.17) is 4.74 Å². The average Bonchev–Trinajstić information content (AvgIpc) is 2.59. The number of carbonyl (C=O) groups excluding carboxylic acids is 3. The van der Waals surface area contributed by atoms with Gasteiger partial charge in [-0.05, 0) is 39.0 Å². The Hall–Kier alpha value is -2.82. The summed E-state index contributed by atoms with van der Waals surface area (Å²) in [5.74, 6) is -0.722. The van der Waals surface area contributed by atoms with Gasteiger partial charge < -0.3 is 19.9 Å². The van der Waals surface area contributed by atoms with Gasteiger partial charge in [-0.3, -0.25) is 14.3 Å². The van der Waals surface area contributed by atoms with E-state index in [1.165, 1.54) is 34.9 Å². The molecule has 0 saturated carbocycles. The van der Waals surface area contributed by atoms with Crippen LogP contribution in [0.5, 0.6) is 0 Å². The summed E-state index contributed by atoms with van der Waals surface area (Å²) in [6.45, 7) is 7.79. The third-order valence-electron chi connectivity index (χ3n) is 4.08. The lowest BCUT2D eigenvalue weighted by atomic mass is 10.1. The molecule has 2 rings (SSSR count). The zero-order valence-electron chi connectivity index (χ0n) is 17.8. The molecular formula is C19H28N4O6S. The highest BCUT2D eigenvalue weighted by atomic mass is 32.2. The molecule has 3 amide bonds. The van der Waals surface area contributed by atoms with Crippen LogP contribution in [0.15, 0.2) is 18.2 Å². The van der Waals surface area contributed by atoms with Crippen molar-refractivity contribution in [2.24, 2.45) is 0 Å². The molecule has 1 aliphatic rings. The highest BCUT2D eigenvalue weighted by molar-refractivity contribution is 7.92. The van der Waals surface area contributed by atoms with Crippen LogP contribution in [0.1, 0.15) is 38.1 Å². The van der Waals surface area contributed by atoms with Gasteiger partial charge in [0.1, 0.15) is 5.60 Å². The summed E-state index contributed by atoms with van der Waals surface area (Å²) in [6.07, 6.45) is 0.546. The third-order valence-corrected chi connectivity index (χ3v) is 4.67. The van der Waals surface area contributed by atoms with Crippen LogP contribution in [0, 0.1) is 0 Å². The van der Waals surface area contributed by atoms with Crippen LogP contribution in [0.2, 0.25) is 0 Å². The van der Waals surface area contributed by atoms with Crippen LogP contribution in [0.3, 0.4) is 0 Å². The minimum absolute atomic E-state index is 0.109. The first kappa shape index (κ1) is 23.5. The van der Waals surface area contributed by atoms with Crippen molar-refractivity contribution in [1.29, 1.82) is 0 Å². The van der Waals surface area contributed by atoms with E-state index in [1.807, 2.05) is 0 Å². The molecule has 166 valence electrons. The van der Waals surface area contributed by atoms with Gasteiger partial charge in [0.25, 0.3) is 5.91 Å². The Balaban J connectivity index is 2.19. The minimum Gasteiger partial charge on any atom is -0.444 e. The standard InChI is InChI=1S/C19H28N4O6S/c1-13(24)20-14-6-7-16(21-30(5,27)28)15(12-14)17(25)22-8-10-23(11-9-22)18(26)29-19(2,3)4/h6-7,12,21H,8-11H2,1-5H3,(H,20,24). The molecule has 0 aliphatic carbocycles. The van der Waals surface area contributed by atoms with Gasteiger partial charge in [-0.15, -0.1) is 0 Å². The summed E-state index contributed by atoms with van der Waals surface area (Å²) in [5, 5.41) is 2.58. The Morgan fingerprint density at radius 1 is 1.03 bits per heavy atom. The largest absolute Gasteiger partial charge is 0.444 e. The number of ether oxygens (including phenoxy) is 1. The summed E-state index contributed by atoms with van der Waals surface area (Å²) in [5.41, 5.74) is -0.0127. The number of hydrogen-bond donors (Lipinski definition) is 2. The van der Waals surface area contributed by atoms with Crippen molar-refractivity contribution < 1.29 is 27.5 Å². The van der Waals surface area contributed by atoms with E-state index in [1.54, 1.807) is 20.8 Å². The van der Waals surface area contributed by atoms with Crippen LogP contribution in [0.25, 0.3) is 0 Å². The third kappa shape index (κ3) is 6.90. The average molecular weight is 441 g/mol. The normalized spacial score (nSPS) is 14.8. The maximum Gasteiger partial charge on any atom is 0.410 e. The first-order valence-electron chi connectivity index (χ1n) is 9.42. The van der Waals surface area contributed by atoms with Gasteiger partial charge in [0.15, 0.2) is 0 Å². The molecule has 1 aromatic rings. The van der Waals surface area contributed by atoms with Crippen LogP contribution < -0.4 is 10.0 Å². The quantitative estimate of drug-likeness (QED) is 0.734. The van der Waals surface area contributed by atoms with E-state index in [-0.39, 0.29) is 30.2 Å². The zero-order valence-corrected chi connectivity index (χ0v) is 18.6. The SMILES string of the molecule is CC(=O)Nc1ccc(NS(C)(=O)=O)c(C(=O)N2CCN(C(=O)OC(C)(C)C)CC2)c1. The fourth-order valence-electron chi connectivity index (χ4n) is 2.88. The molecule has 2 N–H and O–H groups in total. The van der Waals surface area contributed by atoms with E-state index in [0.717, 1.165) is 6.26 Å². The summed E-state index contributed by atoms with van der Waals surface area (Å²) >= 11 is 0. The number of amides is 3. The van der Waals surface area contributed by atoms with Crippen molar-refractivity contribution >= 4 is 39.3 Å². The maximum absolute atomic E-state index is 13.1. The second-order valence-electron chi connectivity index (χ2n) is 8.08. The summed E-state index contributed by atoms with van der Waals surface area (Å²) < 4.78 is 31.0. The predicted octanol–water partition coefficient (Wildman–Crippen LogP) is 1.71. The fourth-order valence-corrected chi connectivity index (χ4v) is 3.46. The van der Waals surface area contributed by atoms with Gasteiger partial charge in [-0.2, -0.15) is 0 Å². The molecule has 0 radical (unpaired) electrons. The number of sulfonamides is 1. The Bertz CT molecular complexity index is 931. The number of carbonyl (C=O) groups is 3. The number of benzene rings is 1. The van der Waals surface area contributed by atoms with Gasteiger partial charge in [0.05, 0.1) is 17.5 Å². The van der Waals surface area contributed by atoms with Crippen molar-refractivity contribution in [3.05, 3.63) is 23.8 Å². The van der Waals surface area contributed by atoms with Crippen molar-refractivity contribution in [3.8, 4) is 0 Å². The first-order chi connectivity index (χ1) is 13.7. The zero-order chi connectivity index (χ0) is 22.7. The summed E-state index contributed by atoms with van der Waals surface area (Å²) in [6, 6.07) is 4.36. The molecule has 1 saturated heterocycles. The van der Waals surface area contributed by atoms with Crippen molar-refractivity contribution in [2.75, 3.05) is 42.5 Å². The molecule has 0 atom stereocenters. The van der Waals surface area contributed by atoms with E-state index >= 15 is 0 Å². The molecule has 0 bridgehead atoms. The Kier molecular flexibility index (Phi) is 6.96. The molecule has 1 fully saturated rings. The monoisotopic (exact) mass is 440 g/mol. The number of hydrogen-bond acceptors (Lipinski definition) is 6. The van der Waals surface area contributed by atoms with E-state index in [9.17, 15) is 22.8 Å². The molecule has 1 aromatic carbocycles. The molecule has 11 heteroatoms. The Labute approximate surface area is 176 Å².